The Balaban J connectivity index is 0.000000132. The summed E-state index contributed by atoms with van der Waals surface area (Å²) in [4.78, 5) is 3.63. The molecule has 0 saturated heterocycles. The number of hydrogen-bond acceptors (Lipinski definition) is 0. The van der Waals surface area contributed by atoms with E-state index in [0.29, 0.717) is 0 Å². The van der Waals surface area contributed by atoms with Gasteiger partial charge in [-0.3, -0.25) is 0 Å². The summed E-state index contributed by atoms with van der Waals surface area (Å²) in [5.41, 5.74) is 16.8. The normalized spacial score (nSPS) is 13.6. The summed E-state index contributed by atoms with van der Waals surface area (Å²) < 4.78 is 3.53. The van der Waals surface area contributed by atoms with E-state index < -0.39 is 0 Å². The van der Waals surface area contributed by atoms with E-state index in [9.17, 15) is 0 Å². The van der Waals surface area contributed by atoms with E-state index in [1.165, 1.54) is 77.1 Å². The molecule has 0 saturated carbocycles. The first-order chi connectivity index (χ1) is 29.5. The third kappa shape index (κ3) is 6.79. The Morgan fingerprint density at radius 3 is 1.57 bits per heavy atom. The maximum Gasteiger partial charge on any atom is 0.0588 e. The number of nitrogens with one attached hydrogen (secondary N) is 1. The molecule has 0 amide bonds. The summed E-state index contributed by atoms with van der Waals surface area (Å²) in [6.07, 6.45) is 0. The first kappa shape index (κ1) is 40.8. The number of fused-ring (bicyclic) bond motifs is 14. The minimum Gasteiger partial charge on any atom is -0.354 e. The third-order valence-electron chi connectivity index (χ3n) is 12.4. The largest absolute Gasteiger partial charge is 0.354 e. The van der Waals surface area contributed by atoms with E-state index in [1.54, 1.807) is 0 Å². The lowest BCUT2D eigenvalue weighted by Gasteiger charge is -2.23. The highest BCUT2D eigenvalue weighted by molar-refractivity contribution is 9.10. The Labute approximate surface area is 376 Å². The molecular weight excluding hydrogens is 851 g/mol. The van der Waals surface area contributed by atoms with Gasteiger partial charge in [0, 0.05) is 58.1 Å². The van der Waals surface area contributed by atoms with Crippen molar-refractivity contribution in [3.8, 4) is 27.9 Å². The van der Waals surface area contributed by atoms with Gasteiger partial charge in [-0.25, -0.2) is 0 Å². The van der Waals surface area contributed by atoms with Crippen LogP contribution in [0.3, 0.4) is 0 Å². The SMILES string of the molecule is Brc1ccccc1.CC.CC1(C)c2ccccc2-c2ccc3c([nH]c4cc(Cl)ccc43)c21.CC1(C)c2ccccc2-c2ccc3c4ccc(Cl)cc4n(-c4ccccc4)c3c21. The predicted molar refractivity (Wildman–Crippen MR) is 267 cm³/mol. The molecule has 0 fully saturated rings. The lowest BCUT2D eigenvalue weighted by molar-refractivity contribution is 0.664. The Morgan fingerprint density at radius 1 is 0.475 bits per heavy atom. The van der Waals surface area contributed by atoms with Crippen LogP contribution in [0, 0.1) is 0 Å². The lowest BCUT2D eigenvalue weighted by atomic mass is 9.81. The van der Waals surface area contributed by atoms with Crippen LogP contribution in [-0.4, -0.2) is 9.55 Å². The molecule has 1 N–H and O–H groups in total. The third-order valence-corrected chi connectivity index (χ3v) is 13.4. The quantitative estimate of drug-likeness (QED) is 0.169. The number of nitrogens with zero attached hydrogens (tertiary/aromatic N) is 1. The van der Waals surface area contributed by atoms with Crippen LogP contribution in [0.2, 0.25) is 10.0 Å². The molecule has 0 unspecified atom stereocenters. The molecule has 2 heterocycles. The van der Waals surface area contributed by atoms with E-state index in [4.69, 9.17) is 23.2 Å². The fraction of sp³-hybridized carbons (Fsp3) is 0.143. The van der Waals surface area contributed by atoms with Gasteiger partial charge in [-0.15, -0.1) is 0 Å². The Kier molecular flexibility index (Phi) is 10.7. The molecule has 2 aliphatic rings. The van der Waals surface area contributed by atoms with Crippen molar-refractivity contribution in [1.82, 2.24) is 9.55 Å². The highest BCUT2D eigenvalue weighted by Gasteiger charge is 2.39. The number of rotatable bonds is 1. The Bertz CT molecular complexity index is 3250. The summed E-state index contributed by atoms with van der Waals surface area (Å²) in [6, 6.07) is 59.5. The van der Waals surface area contributed by atoms with Gasteiger partial charge in [-0.05, 0) is 93.0 Å². The van der Waals surface area contributed by atoms with Gasteiger partial charge >= 0.3 is 0 Å². The topological polar surface area (TPSA) is 20.7 Å². The number of hydrogen-bond donors (Lipinski definition) is 1. The molecule has 0 atom stereocenters. The Hall–Kier alpha value is -5.58. The van der Waals surface area contributed by atoms with Crippen LogP contribution in [0.25, 0.3) is 71.6 Å². The molecule has 2 aliphatic carbocycles. The minimum absolute atomic E-state index is 0.00386. The molecule has 302 valence electrons. The first-order valence-electron chi connectivity index (χ1n) is 21.0. The van der Waals surface area contributed by atoms with Gasteiger partial charge in [0.1, 0.15) is 0 Å². The number of benzene rings is 8. The molecule has 0 aliphatic heterocycles. The molecule has 8 aromatic carbocycles. The van der Waals surface area contributed by atoms with Crippen LogP contribution in [0.5, 0.6) is 0 Å². The maximum absolute atomic E-state index is 6.44. The van der Waals surface area contributed by atoms with Gasteiger partial charge in [0.2, 0.25) is 0 Å². The van der Waals surface area contributed by atoms with Crippen molar-refractivity contribution in [2.45, 2.75) is 52.4 Å². The summed E-state index contributed by atoms with van der Waals surface area (Å²) in [5, 5.41) is 6.55. The molecule has 61 heavy (non-hydrogen) atoms. The molecule has 2 aromatic heterocycles. The second-order valence-corrected chi connectivity index (χ2v) is 18.4. The van der Waals surface area contributed by atoms with Crippen LogP contribution in [0.4, 0.5) is 0 Å². The summed E-state index contributed by atoms with van der Waals surface area (Å²) in [7, 11) is 0. The zero-order valence-corrected chi connectivity index (χ0v) is 38.3. The number of H-pyrrole nitrogens is 1. The maximum atomic E-state index is 6.44. The Morgan fingerprint density at radius 2 is 0.967 bits per heavy atom. The second-order valence-electron chi connectivity index (χ2n) is 16.6. The molecule has 0 radical (unpaired) electrons. The molecule has 0 spiro atoms. The van der Waals surface area contributed by atoms with E-state index in [1.807, 2.05) is 62.4 Å². The van der Waals surface area contributed by atoms with Crippen molar-refractivity contribution >= 4 is 82.7 Å². The molecule has 0 bridgehead atoms. The molecular formula is C56H47BrCl2N2. The highest BCUT2D eigenvalue weighted by atomic mass is 79.9. The molecule has 10 aromatic rings. The van der Waals surface area contributed by atoms with Crippen LogP contribution < -0.4 is 0 Å². The van der Waals surface area contributed by atoms with Crippen LogP contribution >= 0.6 is 39.1 Å². The minimum atomic E-state index is -0.0733. The predicted octanol–water partition coefficient (Wildman–Crippen LogP) is 17.5. The van der Waals surface area contributed by atoms with Crippen molar-refractivity contribution in [2.75, 3.05) is 0 Å². The molecule has 2 nitrogen and oxygen atoms in total. The van der Waals surface area contributed by atoms with Crippen LogP contribution in [0.15, 0.2) is 174 Å². The highest BCUT2D eigenvalue weighted by Crippen LogP contribution is 2.54. The zero-order valence-electron chi connectivity index (χ0n) is 35.2. The smallest absolute Gasteiger partial charge is 0.0588 e. The van der Waals surface area contributed by atoms with E-state index in [0.717, 1.165) is 31.2 Å². The van der Waals surface area contributed by atoms with Gasteiger partial charge in [0.15, 0.2) is 0 Å². The number of para-hydroxylation sites is 1. The number of aromatic amines is 1. The van der Waals surface area contributed by atoms with Crippen molar-refractivity contribution < 1.29 is 0 Å². The number of aromatic nitrogens is 2. The van der Waals surface area contributed by atoms with Crippen LogP contribution in [0.1, 0.15) is 63.8 Å². The van der Waals surface area contributed by atoms with E-state index >= 15 is 0 Å². The fourth-order valence-corrected chi connectivity index (χ4v) is 10.5. The van der Waals surface area contributed by atoms with Crippen molar-refractivity contribution in [2.24, 2.45) is 0 Å². The molecule has 12 rings (SSSR count). The lowest BCUT2D eigenvalue weighted by Crippen LogP contribution is -2.16. The van der Waals surface area contributed by atoms with Gasteiger partial charge in [-0.2, -0.15) is 0 Å². The first-order valence-corrected chi connectivity index (χ1v) is 22.6. The van der Waals surface area contributed by atoms with E-state index in [2.05, 4.69) is 175 Å². The standard InChI is InChI=1S/C27H20ClN.C21H16ClN.C6H5Br.C2H6/c1-27(2)23-11-7-6-10-19(23)21-14-15-22-20-13-12-17(28)16-24(20)29(26(22)25(21)27)18-8-4-3-5-9-18;1-21(2)17-6-4-3-5-13(17)15-9-10-16-14-8-7-12(22)11-18(14)23-20(16)19(15)21;7-6-4-2-1-3-5-6;1-2/h3-16H,1-2H3;3-11,23H,1-2H3;1-5H;1-2H3. The van der Waals surface area contributed by atoms with Crippen molar-refractivity contribution in [3.05, 3.63) is 207 Å². The van der Waals surface area contributed by atoms with Crippen LogP contribution in [-0.2, 0) is 10.8 Å². The summed E-state index contributed by atoms with van der Waals surface area (Å²) in [5.74, 6) is 0. The van der Waals surface area contributed by atoms with Gasteiger partial charge in [0.25, 0.3) is 0 Å². The van der Waals surface area contributed by atoms with Gasteiger partial charge in [-0.1, -0.05) is 202 Å². The summed E-state index contributed by atoms with van der Waals surface area (Å²) >= 11 is 15.9. The summed E-state index contributed by atoms with van der Waals surface area (Å²) in [6.45, 7) is 13.3. The average molecular weight is 899 g/mol. The zero-order chi connectivity index (χ0) is 42.6. The van der Waals surface area contributed by atoms with Crippen molar-refractivity contribution in [3.63, 3.8) is 0 Å². The average Bonchev–Trinajstić information content (AvgIpc) is 3.95. The van der Waals surface area contributed by atoms with Gasteiger partial charge < -0.3 is 9.55 Å². The number of halogens is 3. The monoisotopic (exact) mass is 896 g/mol. The van der Waals surface area contributed by atoms with Crippen molar-refractivity contribution in [1.29, 1.82) is 0 Å². The second kappa shape index (κ2) is 16.0. The molecule has 5 heteroatoms. The fourth-order valence-electron chi connectivity index (χ4n) is 9.81. The van der Waals surface area contributed by atoms with E-state index in [-0.39, 0.29) is 10.8 Å². The van der Waals surface area contributed by atoms with Gasteiger partial charge in [0.05, 0.1) is 16.6 Å².